The van der Waals surface area contributed by atoms with Crippen molar-refractivity contribution in [2.75, 3.05) is 17.9 Å². The van der Waals surface area contributed by atoms with Crippen molar-refractivity contribution in [3.8, 4) is 0 Å². The third kappa shape index (κ3) is 6.67. The highest BCUT2D eigenvalue weighted by Crippen LogP contribution is 2.28. The first kappa shape index (κ1) is 29.5. The summed E-state index contributed by atoms with van der Waals surface area (Å²) >= 11 is 12.3. The molecule has 202 valence electrons. The molecule has 0 fully saturated rings. The van der Waals surface area contributed by atoms with E-state index in [1.165, 1.54) is 24.1 Å². The van der Waals surface area contributed by atoms with Crippen LogP contribution in [0.5, 0.6) is 0 Å². The smallest absolute Gasteiger partial charge is 0.264 e. The lowest BCUT2D eigenvalue weighted by Gasteiger charge is -2.33. The third-order valence-corrected chi connectivity index (χ3v) is 8.75. The fourth-order valence-electron chi connectivity index (χ4n) is 4.11. The predicted molar refractivity (Wildman–Crippen MR) is 152 cm³/mol. The molecule has 2 amide bonds. The molecule has 1 N–H and O–H groups in total. The molecule has 0 aliphatic rings. The van der Waals surface area contributed by atoms with Crippen LogP contribution >= 0.6 is 23.2 Å². The summed E-state index contributed by atoms with van der Waals surface area (Å²) in [4.78, 5) is 28.2. The molecule has 3 rings (SSSR count). The summed E-state index contributed by atoms with van der Waals surface area (Å²) in [6.07, 6.45) is 0.321. The van der Waals surface area contributed by atoms with Gasteiger partial charge in [0.2, 0.25) is 11.8 Å². The van der Waals surface area contributed by atoms with Crippen LogP contribution in [0, 0.1) is 13.8 Å². The third-order valence-electron chi connectivity index (χ3n) is 6.24. The summed E-state index contributed by atoms with van der Waals surface area (Å²) in [5.41, 5.74) is 2.62. The van der Waals surface area contributed by atoms with Crippen LogP contribution in [0.1, 0.15) is 30.0 Å². The van der Waals surface area contributed by atoms with Gasteiger partial charge in [0.15, 0.2) is 0 Å². The number of nitrogens with zero attached hydrogens (tertiary/aromatic N) is 2. The minimum absolute atomic E-state index is 0.0356. The van der Waals surface area contributed by atoms with Gasteiger partial charge in [0.25, 0.3) is 10.0 Å². The van der Waals surface area contributed by atoms with E-state index in [9.17, 15) is 18.0 Å². The second kappa shape index (κ2) is 12.7. The topological polar surface area (TPSA) is 86.8 Å². The number of rotatable bonds is 10. The molecule has 3 aromatic rings. The van der Waals surface area contributed by atoms with Gasteiger partial charge in [0.05, 0.1) is 20.6 Å². The van der Waals surface area contributed by atoms with Crippen molar-refractivity contribution >= 4 is 50.7 Å². The van der Waals surface area contributed by atoms with Crippen molar-refractivity contribution in [1.29, 1.82) is 0 Å². The van der Waals surface area contributed by atoms with Crippen LogP contribution in [0.4, 0.5) is 5.69 Å². The van der Waals surface area contributed by atoms with Crippen molar-refractivity contribution in [2.24, 2.45) is 0 Å². The lowest BCUT2D eigenvalue weighted by atomic mass is 10.1. The molecule has 0 aliphatic heterocycles. The second-order valence-corrected chi connectivity index (χ2v) is 11.6. The van der Waals surface area contributed by atoms with Crippen LogP contribution in [0.15, 0.2) is 71.6 Å². The summed E-state index contributed by atoms with van der Waals surface area (Å²) in [5, 5.41) is 3.28. The standard InChI is InChI=1S/C28H31Cl2N3O4S/c1-5-25(28(35)31-4)32(17-21-12-15-23(29)24(30)16-21)27(34)18-33(26-9-7-6-8-20(26)3)38(36,37)22-13-10-19(2)11-14-22/h6-16,25H,5,17-18H2,1-4H3,(H,31,35)/t25-/m1/s1. The fraction of sp³-hybridized carbons (Fsp3) is 0.286. The lowest BCUT2D eigenvalue weighted by Crippen LogP contribution is -2.51. The van der Waals surface area contributed by atoms with Gasteiger partial charge in [0.1, 0.15) is 12.6 Å². The maximum absolute atomic E-state index is 13.9. The van der Waals surface area contributed by atoms with Crippen LogP contribution < -0.4 is 9.62 Å². The van der Waals surface area contributed by atoms with Crippen LogP contribution in [0.3, 0.4) is 0 Å². The zero-order chi connectivity index (χ0) is 28.0. The summed E-state index contributed by atoms with van der Waals surface area (Å²) in [5.74, 6) is -0.893. The van der Waals surface area contributed by atoms with Crippen molar-refractivity contribution in [2.45, 2.75) is 44.7 Å². The second-order valence-electron chi connectivity index (χ2n) is 8.92. The molecule has 0 spiro atoms. The predicted octanol–water partition coefficient (Wildman–Crippen LogP) is 5.36. The van der Waals surface area contributed by atoms with Crippen molar-refractivity contribution in [3.63, 3.8) is 0 Å². The molecule has 7 nitrogen and oxygen atoms in total. The Morgan fingerprint density at radius 3 is 2.18 bits per heavy atom. The van der Waals surface area contributed by atoms with E-state index < -0.39 is 28.5 Å². The molecule has 38 heavy (non-hydrogen) atoms. The van der Waals surface area contributed by atoms with Crippen molar-refractivity contribution in [3.05, 3.63) is 93.5 Å². The maximum Gasteiger partial charge on any atom is 0.264 e. The SMILES string of the molecule is CC[C@H](C(=O)NC)N(Cc1ccc(Cl)c(Cl)c1)C(=O)CN(c1ccccc1C)S(=O)(=O)c1ccc(C)cc1. The first-order chi connectivity index (χ1) is 18.0. The molecule has 0 saturated carbocycles. The van der Waals surface area contributed by atoms with Gasteiger partial charge in [-0.05, 0) is 61.7 Å². The summed E-state index contributed by atoms with van der Waals surface area (Å²) < 4.78 is 28.8. The number of likely N-dealkylation sites (N-methyl/N-ethyl adjacent to an activating group) is 1. The number of amides is 2. The Hall–Kier alpha value is -3.07. The van der Waals surface area contributed by atoms with Crippen molar-refractivity contribution < 1.29 is 18.0 Å². The number of aryl methyl sites for hydroxylation is 2. The van der Waals surface area contributed by atoms with Crippen LogP contribution in [-0.2, 0) is 26.2 Å². The molecule has 1 atom stereocenters. The normalized spacial score (nSPS) is 12.1. The molecule has 0 unspecified atom stereocenters. The molecule has 3 aromatic carbocycles. The monoisotopic (exact) mass is 575 g/mol. The number of nitrogens with one attached hydrogen (secondary N) is 1. The van der Waals surface area contributed by atoms with Gasteiger partial charge in [-0.15, -0.1) is 0 Å². The number of sulfonamides is 1. The molecule has 0 aliphatic carbocycles. The lowest BCUT2D eigenvalue weighted by molar-refractivity contribution is -0.140. The van der Waals surface area contributed by atoms with Crippen LogP contribution in [0.25, 0.3) is 0 Å². The number of halogens is 2. The summed E-state index contributed by atoms with van der Waals surface area (Å²) in [6.45, 7) is 4.97. The highest BCUT2D eigenvalue weighted by molar-refractivity contribution is 7.92. The average Bonchev–Trinajstić information content (AvgIpc) is 2.89. The molecule has 0 saturated heterocycles. The van der Waals surface area contributed by atoms with E-state index in [1.54, 1.807) is 68.4 Å². The van der Waals surface area contributed by atoms with Gasteiger partial charge in [-0.3, -0.25) is 13.9 Å². The van der Waals surface area contributed by atoms with Gasteiger partial charge >= 0.3 is 0 Å². The Kier molecular flexibility index (Phi) is 9.82. The average molecular weight is 577 g/mol. The van der Waals surface area contributed by atoms with E-state index >= 15 is 0 Å². The Balaban J connectivity index is 2.08. The zero-order valence-electron chi connectivity index (χ0n) is 21.7. The van der Waals surface area contributed by atoms with Gasteiger partial charge in [-0.25, -0.2) is 8.42 Å². The number of hydrogen-bond acceptors (Lipinski definition) is 4. The Morgan fingerprint density at radius 1 is 0.947 bits per heavy atom. The van der Waals surface area contributed by atoms with Gasteiger partial charge in [-0.1, -0.05) is 72.1 Å². The quantitative estimate of drug-likeness (QED) is 0.352. The minimum atomic E-state index is -4.12. The first-order valence-electron chi connectivity index (χ1n) is 12.1. The number of para-hydroxylation sites is 1. The molecule has 10 heteroatoms. The Morgan fingerprint density at radius 2 is 1.61 bits per heavy atom. The first-order valence-corrected chi connectivity index (χ1v) is 14.3. The van der Waals surface area contributed by atoms with E-state index in [4.69, 9.17) is 23.2 Å². The van der Waals surface area contributed by atoms with Gasteiger partial charge in [-0.2, -0.15) is 0 Å². The van der Waals surface area contributed by atoms with Gasteiger partial charge < -0.3 is 10.2 Å². The fourth-order valence-corrected chi connectivity index (χ4v) is 5.91. The summed E-state index contributed by atoms with van der Waals surface area (Å²) in [7, 11) is -2.62. The van der Waals surface area contributed by atoms with E-state index in [2.05, 4.69) is 5.32 Å². The number of carbonyl (C=O) groups is 2. The number of anilines is 1. The highest BCUT2D eigenvalue weighted by atomic mass is 35.5. The number of carbonyl (C=O) groups excluding carboxylic acids is 2. The zero-order valence-corrected chi connectivity index (χ0v) is 24.1. The molecule has 0 heterocycles. The number of benzene rings is 3. The summed E-state index contributed by atoms with van der Waals surface area (Å²) in [6, 6.07) is 17.5. The highest BCUT2D eigenvalue weighted by Gasteiger charge is 2.33. The molecule has 0 bridgehead atoms. The molecular weight excluding hydrogens is 545 g/mol. The van der Waals surface area contributed by atoms with Crippen LogP contribution in [0.2, 0.25) is 10.0 Å². The van der Waals surface area contributed by atoms with Gasteiger partial charge in [0, 0.05) is 13.6 Å². The molecule has 0 radical (unpaired) electrons. The van der Waals surface area contributed by atoms with E-state index in [-0.39, 0.29) is 17.3 Å². The van der Waals surface area contributed by atoms with E-state index in [0.717, 1.165) is 9.87 Å². The molecular formula is C28H31Cl2N3O4S. The molecule has 0 aromatic heterocycles. The number of hydrogen-bond donors (Lipinski definition) is 1. The largest absolute Gasteiger partial charge is 0.357 e. The van der Waals surface area contributed by atoms with Crippen LogP contribution in [-0.4, -0.2) is 44.8 Å². The van der Waals surface area contributed by atoms with Crippen molar-refractivity contribution in [1.82, 2.24) is 10.2 Å². The Bertz CT molecular complexity index is 1410. The maximum atomic E-state index is 13.9. The van der Waals surface area contributed by atoms with E-state index in [0.29, 0.717) is 33.3 Å². The van der Waals surface area contributed by atoms with E-state index in [1.807, 2.05) is 6.92 Å². The Labute approximate surface area is 234 Å². The minimum Gasteiger partial charge on any atom is -0.357 e.